The van der Waals surface area contributed by atoms with E-state index < -0.39 is 11.4 Å². The minimum atomic E-state index is -0.528. The Morgan fingerprint density at radius 2 is 1.86 bits per heavy atom. The maximum absolute atomic E-state index is 13.0. The Bertz CT molecular complexity index is 964. The molecule has 0 bridgehead atoms. The maximum atomic E-state index is 13.0. The number of ether oxygens (including phenoxy) is 2. The molecular weight excluding hydrogens is 397 g/mol. The van der Waals surface area contributed by atoms with E-state index in [2.05, 4.69) is 15.5 Å². The number of thioether (sulfide) groups is 1. The summed E-state index contributed by atoms with van der Waals surface area (Å²) in [6.45, 7) is 3.47. The van der Waals surface area contributed by atoms with Crippen LogP contribution in [0.3, 0.4) is 0 Å². The SMILES string of the molecule is COc1ccccc1NC(=O)[C@@H](C)Sc1nnc([C@H](C)Oc2ccc(F)cc2)o1. The largest absolute Gasteiger partial charge is 0.495 e. The van der Waals surface area contributed by atoms with Gasteiger partial charge in [-0.15, -0.1) is 10.2 Å². The molecule has 3 aromatic rings. The fourth-order valence-electron chi connectivity index (χ4n) is 2.39. The van der Waals surface area contributed by atoms with Gasteiger partial charge in [-0.3, -0.25) is 4.79 Å². The third kappa shape index (κ3) is 5.47. The number of carbonyl (C=O) groups is 1. The molecule has 9 heteroatoms. The third-order valence-corrected chi connectivity index (χ3v) is 4.84. The predicted octanol–water partition coefficient (Wildman–Crippen LogP) is 4.48. The summed E-state index contributed by atoms with van der Waals surface area (Å²) < 4.78 is 29.5. The van der Waals surface area contributed by atoms with E-state index in [0.29, 0.717) is 17.2 Å². The van der Waals surface area contributed by atoms with Gasteiger partial charge in [0.1, 0.15) is 17.3 Å². The summed E-state index contributed by atoms with van der Waals surface area (Å²) in [4.78, 5) is 12.5. The zero-order valence-corrected chi connectivity index (χ0v) is 16.9. The number of hydrogen-bond acceptors (Lipinski definition) is 7. The number of para-hydroxylation sites is 2. The number of carbonyl (C=O) groups excluding carboxylic acids is 1. The van der Waals surface area contributed by atoms with Crippen molar-refractivity contribution in [2.45, 2.75) is 30.4 Å². The van der Waals surface area contributed by atoms with E-state index in [9.17, 15) is 9.18 Å². The Kier molecular flexibility index (Phi) is 6.71. The first-order valence-corrected chi connectivity index (χ1v) is 9.70. The highest BCUT2D eigenvalue weighted by atomic mass is 32.2. The fraction of sp³-hybridized carbons (Fsp3) is 0.250. The van der Waals surface area contributed by atoms with Gasteiger partial charge < -0.3 is 19.2 Å². The summed E-state index contributed by atoms with van der Waals surface area (Å²) in [5.74, 6) is 0.742. The monoisotopic (exact) mass is 417 g/mol. The molecule has 29 heavy (non-hydrogen) atoms. The molecule has 0 saturated heterocycles. The molecule has 152 valence electrons. The number of anilines is 1. The second kappa shape index (κ2) is 9.42. The zero-order valence-electron chi connectivity index (χ0n) is 16.1. The van der Waals surface area contributed by atoms with Crippen LogP contribution in [-0.2, 0) is 4.79 Å². The van der Waals surface area contributed by atoms with Crippen LogP contribution in [0.1, 0.15) is 25.8 Å². The van der Waals surface area contributed by atoms with Crippen LogP contribution in [0.2, 0.25) is 0 Å². The van der Waals surface area contributed by atoms with E-state index >= 15 is 0 Å². The summed E-state index contributed by atoms with van der Waals surface area (Å²) >= 11 is 1.13. The molecule has 2 aromatic carbocycles. The molecule has 0 aliphatic rings. The Hall–Kier alpha value is -3.07. The van der Waals surface area contributed by atoms with Gasteiger partial charge >= 0.3 is 0 Å². The average Bonchev–Trinajstić information content (AvgIpc) is 3.18. The lowest BCUT2D eigenvalue weighted by molar-refractivity contribution is -0.115. The Morgan fingerprint density at radius 1 is 1.14 bits per heavy atom. The molecule has 0 aliphatic carbocycles. The molecule has 0 aliphatic heterocycles. The standard InChI is InChI=1S/C20H20FN3O4S/c1-12(27-15-10-8-14(21)9-11-15)19-23-24-20(28-19)29-13(2)18(25)22-16-6-4-5-7-17(16)26-3/h4-13H,1-3H3,(H,22,25)/t12-,13+/m0/s1. The lowest BCUT2D eigenvalue weighted by atomic mass is 10.3. The van der Waals surface area contributed by atoms with Gasteiger partial charge in [0.2, 0.25) is 5.91 Å². The van der Waals surface area contributed by atoms with Crippen LogP contribution in [0.4, 0.5) is 10.1 Å². The Labute approximate surface area is 171 Å². The lowest BCUT2D eigenvalue weighted by Gasteiger charge is -2.12. The Balaban J connectivity index is 1.58. The van der Waals surface area contributed by atoms with Crippen molar-refractivity contribution in [1.82, 2.24) is 10.2 Å². The van der Waals surface area contributed by atoms with E-state index in [0.717, 1.165) is 11.8 Å². The number of benzene rings is 2. The van der Waals surface area contributed by atoms with Crippen molar-refractivity contribution in [3.05, 3.63) is 60.2 Å². The van der Waals surface area contributed by atoms with Gasteiger partial charge in [-0.25, -0.2) is 4.39 Å². The van der Waals surface area contributed by atoms with Crippen LogP contribution in [0.25, 0.3) is 0 Å². The first-order valence-electron chi connectivity index (χ1n) is 8.82. The number of nitrogens with zero attached hydrogens (tertiary/aromatic N) is 2. The van der Waals surface area contributed by atoms with Crippen LogP contribution in [-0.4, -0.2) is 28.5 Å². The van der Waals surface area contributed by atoms with Gasteiger partial charge in [-0.1, -0.05) is 23.9 Å². The van der Waals surface area contributed by atoms with E-state index in [-0.39, 0.29) is 22.8 Å². The van der Waals surface area contributed by atoms with E-state index in [4.69, 9.17) is 13.9 Å². The first-order chi connectivity index (χ1) is 14.0. The smallest absolute Gasteiger partial charge is 0.277 e. The third-order valence-electron chi connectivity index (χ3n) is 3.91. The topological polar surface area (TPSA) is 86.5 Å². The highest BCUT2D eigenvalue weighted by Crippen LogP contribution is 2.28. The normalized spacial score (nSPS) is 12.8. The molecule has 1 amide bonds. The second-order valence-electron chi connectivity index (χ2n) is 6.07. The second-order valence-corrected chi connectivity index (χ2v) is 7.36. The molecule has 7 nitrogen and oxygen atoms in total. The molecule has 1 aromatic heterocycles. The van der Waals surface area contributed by atoms with E-state index in [1.54, 1.807) is 26.0 Å². The molecule has 0 saturated carbocycles. The van der Waals surface area contributed by atoms with Crippen LogP contribution in [0, 0.1) is 5.82 Å². The number of hydrogen-bond donors (Lipinski definition) is 1. The van der Waals surface area contributed by atoms with Crippen molar-refractivity contribution in [2.75, 3.05) is 12.4 Å². The van der Waals surface area contributed by atoms with Crippen LogP contribution in [0.15, 0.2) is 58.2 Å². The molecule has 0 fully saturated rings. The molecule has 1 N–H and O–H groups in total. The van der Waals surface area contributed by atoms with Gasteiger partial charge in [0.05, 0.1) is 18.0 Å². The van der Waals surface area contributed by atoms with Gasteiger partial charge in [0, 0.05) is 0 Å². The summed E-state index contributed by atoms with van der Waals surface area (Å²) in [5.41, 5.74) is 0.583. The van der Waals surface area contributed by atoms with Gasteiger partial charge in [0.15, 0.2) is 6.10 Å². The van der Waals surface area contributed by atoms with Crippen LogP contribution in [0.5, 0.6) is 11.5 Å². The van der Waals surface area contributed by atoms with E-state index in [1.807, 2.05) is 12.1 Å². The number of rotatable bonds is 8. The van der Waals surface area contributed by atoms with Gasteiger partial charge in [-0.05, 0) is 50.2 Å². The van der Waals surface area contributed by atoms with Gasteiger partial charge in [0.25, 0.3) is 11.1 Å². The molecule has 2 atom stereocenters. The minimum absolute atomic E-state index is 0.227. The van der Waals surface area contributed by atoms with Crippen molar-refractivity contribution in [3.8, 4) is 11.5 Å². The van der Waals surface area contributed by atoms with Crippen molar-refractivity contribution < 1.29 is 23.1 Å². The number of aromatic nitrogens is 2. The maximum Gasteiger partial charge on any atom is 0.277 e. The Morgan fingerprint density at radius 3 is 2.59 bits per heavy atom. The lowest BCUT2D eigenvalue weighted by Crippen LogP contribution is -2.22. The summed E-state index contributed by atoms with van der Waals surface area (Å²) in [5, 5.41) is 10.5. The van der Waals surface area contributed by atoms with Crippen molar-refractivity contribution in [1.29, 1.82) is 0 Å². The average molecular weight is 417 g/mol. The zero-order chi connectivity index (χ0) is 20.8. The van der Waals surface area contributed by atoms with E-state index in [1.165, 1.54) is 31.4 Å². The minimum Gasteiger partial charge on any atom is -0.495 e. The quantitative estimate of drug-likeness (QED) is 0.541. The highest BCUT2D eigenvalue weighted by molar-refractivity contribution is 8.00. The molecule has 0 radical (unpaired) electrons. The fourth-order valence-corrected chi connectivity index (χ4v) is 3.08. The summed E-state index contributed by atoms with van der Waals surface area (Å²) in [6.07, 6.45) is -0.528. The van der Waals surface area contributed by atoms with Crippen molar-refractivity contribution in [2.24, 2.45) is 0 Å². The van der Waals surface area contributed by atoms with Crippen molar-refractivity contribution >= 4 is 23.4 Å². The van der Waals surface area contributed by atoms with Crippen LogP contribution >= 0.6 is 11.8 Å². The first kappa shape index (κ1) is 20.7. The van der Waals surface area contributed by atoms with Gasteiger partial charge in [-0.2, -0.15) is 0 Å². The number of nitrogens with one attached hydrogen (secondary N) is 1. The number of halogens is 1. The molecule has 0 unspecified atom stereocenters. The van der Waals surface area contributed by atoms with Crippen LogP contribution < -0.4 is 14.8 Å². The number of methoxy groups -OCH3 is 1. The van der Waals surface area contributed by atoms with Crippen molar-refractivity contribution in [3.63, 3.8) is 0 Å². The molecular formula is C20H20FN3O4S. The predicted molar refractivity (Wildman–Crippen MR) is 107 cm³/mol. The molecule has 0 spiro atoms. The molecule has 3 rings (SSSR count). The molecule has 1 heterocycles. The summed E-state index contributed by atoms with van der Waals surface area (Å²) in [6, 6.07) is 12.8. The highest BCUT2D eigenvalue weighted by Gasteiger charge is 2.21. The summed E-state index contributed by atoms with van der Waals surface area (Å²) in [7, 11) is 1.54. The number of amides is 1.